The molecule has 2 amide bonds. The lowest BCUT2D eigenvalue weighted by Crippen LogP contribution is -2.29. The summed E-state index contributed by atoms with van der Waals surface area (Å²) in [6.45, 7) is 1.20. The van der Waals surface area contributed by atoms with Crippen molar-refractivity contribution in [1.82, 2.24) is 0 Å². The molecule has 178 valence electrons. The van der Waals surface area contributed by atoms with Gasteiger partial charge in [0.2, 0.25) is 15.9 Å². The summed E-state index contributed by atoms with van der Waals surface area (Å²) in [7, 11) is -3.60. The number of amides is 2. The van der Waals surface area contributed by atoms with Crippen molar-refractivity contribution in [2.24, 2.45) is 0 Å². The number of carbonyl (C=O) groups is 2. The maximum absolute atomic E-state index is 13.1. The maximum Gasteiger partial charge on any atom is 0.262 e. The summed E-state index contributed by atoms with van der Waals surface area (Å²) in [6.07, 6.45) is 1.09. The summed E-state index contributed by atoms with van der Waals surface area (Å²) in [6, 6.07) is 18.5. The zero-order valence-corrected chi connectivity index (χ0v) is 19.4. The number of nitrogens with one attached hydrogen (secondary N) is 2. The molecule has 0 radical (unpaired) electrons. The standard InChI is InChI=1S/C24H24FN3O5S/c1-17(29)26-20-7-9-21(10-8-20)27-24(30)16-33-23-13-11-22(12-14-23)28(34(2,31)32)15-18-3-5-19(25)6-4-18/h3-14H,15-16H2,1-2H3,(H,26,29)(H,27,30). The Balaban J connectivity index is 1.59. The highest BCUT2D eigenvalue weighted by molar-refractivity contribution is 7.92. The molecule has 3 rings (SSSR count). The Morgan fingerprint density at radius 2 is 1.44 bits per heavy atom. The predicted molar refractivity (Wildman–Crippen MR) is 129 cm³/mol. The van der Waals surface area contributed by atoms with Gasteiger partial charge in [0, 0.05) is 18.3 Å². The first-order chi connectivity index (χ1) is 16.1. The molecule has 10 heteroatoms. The molecule has 0 atom stereocenters. The van der Waals surface area contributed by atoms with Crippen molar-refractivity contribution in [3.63, 3.8) is 0 Å². The second-order valence-electron chi connectivity index (χ2n) is 7.49. The Morgan fingerprint density at radius 3 is 1.97 bits per heavy atom. The van der Waals surface area contributed by atoms with Gasteiger partial charge in [0.15, 0.2) is 6.61 Å². The number of carbonyl (C=O) groups excluding carboxylic acids is 2. The van der Waals surface area contributed by atoms with E-state index in [1.807, 2.05) is 0 Å². The number of hydrogen-bond acceptors (Lipinski definition) is 5. The van der Waals surface area contributed by atoms with Gasteiger partial charge in [0.1, 0.15) is 11.6 Å². The molecule has 34 heavy (non-hydrogen) atoms. The lowest BCUT2D eigenvalue weighted by Gasteiger charge is -2.22. The zero-order chi connectivity index (χ0) is 24.7. The number of benzene rings is 3. The molecule has 0 aromatic heterocycles. The van der Waals surface area contributed by atoms with Crippen molar-refractivity contribution in [3.05, 3.63) is 84.2 Å². The van der Waals surface area contributed by atoms with Crippen LogP contribution in [0.1, 0.15) is 12.5 Å². The molecule has 0 aliphatic heterocycles. The van der Waals surface area contributed by atoms with Crippen LogP contribution in [0, 0.1) is 5.82 Å². The van der Waals surface area contributed by atoms with Crippen LogP contribution in [0.3, 0.4) is 0 Å². The first-order valence-electron chi connectivity index (χ1n) is 10.2. The van der Waals surface area contributed by atoms with Crippen molar-refractivity contribution >= 4 is 38.9 Å². The lowest BCUT2D eigenvalue weighted by molar-refractivity contribution is -0.118. The van der Waals surface area contributed by atoms with Crippen LogP contribution in [0.25, 0.3) is 0 Å². The van der Waals surface area contributed by atoms with Crippen molar-refractivity contribution < 1.29 is 27.1 Å². The molecular weight excluding hydrogens is 461 g/mol. The van der Waals surface area contributed by atoms with Gasteiger partial charge in [-0.1, -0.05) is 12.1 Å². The van der Waals surface area contributed by atoms with Gasteiger partial charge in [-0.25, -0.2) is 12.8 Å². The van der Waals surface area contributed by atoms with E-state index < -0.39 is 15.8 Å². The molecule has 0 bridgehead atoms. The topological polar surface area (TPSA) is 105 Å². The minimum absolute atomic E-state index is 0.0441. The van der Waals surface area contributed by atoms with E-state index in [-0.39, 0.29) is 25.0 Å². The van der Waals surface area contributed by atoms with Gasteiger partial charge in [-0.2, -0.15) is 0 Å². The summed E-state index contributed by atoms with van der Waals surface area (Å²) in [4.78, 5) is 23.2. The summed E-state index contributed by atoms with van der Waals surface area (Å²) < 4.78 is 44.4. The molecule has 0 fully saturated rings. The van der Waals surface area contributed by atoms with Crippen LogP contribution in [-0.4, -0.2) is 33.1 Å². The maximum atomic E-state index is 13.1. The van der Waals surface area contributed by atoms with Crippen LogP contribution in [-0.2, 0) is 26.2 Å². The van der Waals surface area contributed by atoms with Crippen LogP contribution in [0.4, 0.5) is 21.5 Å². The van der Waals surface area contributed by atoms with Crippen LogP contribution in [0.5, 0.6) is 5.75 Å². The van der Waals surface area contributed by atoms with E-state index in [0.29, 0.717) is 28.4 Å². The van der Waals surface area contributed by atoms with E-state index in [1.54, 1.807) is 48.5 Å². The molecule has 0 aliphatic carbocycles. The highest BCUT2D eigenvalue weighted by Gasteiger charge is 2.18. The summed E-state index contributed by atoms with van der Waals surface area (Å²) in [5.74, 6) is -0.589. The van der Waals surface area contributed by atoms with E-state index in [9.17, 15) is 22.4 Å². The third kappa shape index (κ3) is 7.31. The number of halogens is 1. The highest BCUT2D eigenvalue weighted by Crippen LogP contribution is 2.24. The molecular formula is C24H24FN3O5S. The van der Waals surface area contributed by atoms with Crippen molar-refractivity contribution in [2.45, 2.75) is 13.5 Å². The van der Waals surface area contributed by atoms with Gasteiger partial charge < -0.3 is 15.4 Å². The van der Waals surface area contributed by atoms with E-state index in [0.717, 1.165) is 6.26 Å². The molecule has 3 aromatic carbocycles. The zero-order valence-electron chi connectivity index (χ0n) is 18.6. The minimum Gasteiger partial charge on any atom is -0.484 e. The van der Waals surface area contributed by atoms with E-state index >= 15 is 0 Å². The normalized spacial score (nSPS) is 10.9. The van der Waals surface area contributed by atoms with Gasteiger partial charge >= 0.3 is 0 Å². The molecule has 0 spiro atoms. The molecule has 3 aromatic rings. The lowest BCUT2D eigenvalue weighted by atomic mass is 10.2. The van der Waals surface area contributed by atoms with Crippen LogP contribution in [0.15, 0.2) is 72.8 Å². The monoisotopic (exact) mass is 485 g/mol. The van der Waals surface area contributed by atoms with Crippen LogP contribution in [0.2, 0.25) is 0 Å². The molecule has 2 N–H and O–H groups in total. The van der Waals surface area contributed by atoms with E-state index in [1.165, 1.54) is 35.5 Å². The van der Waals surface area contributed by atoms with Crippen molar-refractivity contribution in [2.75, 3.05) is 27.8 Å². The number of ether oxygens (including phenoxy) is 1. The fraction of sp³-hybridized carbons (Fsp3) is 0.167. The average molecular weight is 486 g/mol. The Hall–Kier alpha value is -3.92. The first-order valence-corrected chi connectivity index (χ1v) is 12.1. The number of hydrogen-bond donors (Lipinski definition) is 2. The molecule has 0 aliphatic rings. The van der Waals surface area contributed by atoms with Gasteiger partial charge in [-0.15, -0.1) is 0 Å². The molecule has 8 nitrogen and oxygen atoms in total. The number of nitrogens with zero attached hydrogens (tertiary/aromatic N) is 1. The number of anilines is 3. The third-order valence-electron chi connectivity index (χ3n) is 4.62. The third-order valence-corrected chi connectivity index (χ3v) is 5.76. The summed E-state index contributed by atoms with van der Waals surface area (Å²) >= 11 is 0. The Labute approximate surface area is 197 Å². The van der Waals surface area contributed by atoms with Crippen molar-refractivity contribution in [1.29, 1.82) is 0 Å². The summed E-state index contributed by atoms with van der Waals surface area (Å²) in [5.41, 5.74) is 2.20. The van der Waals surface area contributed by atoms with Gasteiger partial charge in [-0.3, -0.25) is 13.9 Å². The quantitative estimate of drug-likeness (QED) is 0.480. The predicted octanol–water partition coefficient (Wildman–Crippen LogP) is 3.77. The highest BCUT2D eigenvalue weighted by atomic mass is 32.2. The summed E-state index contributed by atoms with van der Waals surface area (Å²) in [5, 5.41) is 5.32. The van der Waals surface area contributed by atoms with Crippen molar-refractivity contribution in [3.8, 4) is 5.75 Å². The Morgan fingerprint density at radius 1 is 0.882 bits per heavy atom. The molecule has 0 unspecified atom stereocenters. The molecule has 0 saturated carbocycles. The van der Waals surface area contributed by atoms with Gasteiger partial charge in [0.25, 0.3) is 5.91 Å². The minimum atomic E-state index is -3.60. The second kappa shape index (κ2) is 10.8. The molecule has 0 heterocycles. The average Bonchev–Trinajstić information content (AvgIpc) is 2.78. The second-order valence-corrected chi connectivity index (χ2v) is 9.39. The SMILES string of the molecule is CC(=O)Nc1ccc(NC(=O)COc2ccc(N(Cc3ccc(F)cc3)S(C)(=O)=O)cc2)cc1. The smallest absolute Gasteiger partial charge is 0.262 e. The Bertz CT molecular complexity index is 1250. The Kier molecular flexibility index (Phi) is 7.85. The number of rotatable bonds is 9. The first kappa shape index (κ1) is 24.7. The van der Waals surface area contributed by atoms with Gasteiger partial charge in [-0.05, 0) is 66.2 Å². The largest absolute Gasteiger partial charge is 0.484 e. The van der Waals surface area contributed by atoms with Crippen LogP contribution < -0.4 is 19.7 Å². The number of sulfonamides is 1. The van der Waals surface area contributed by atoms with E-state index in [4.69, 9.17) is 4.74 Å². The van der Waals surface area contributed by atoms with Gasteiger partial charge in [0.05, 0.1) is 18.5 Å². The fourth-order valence-corrected chi connectivity index (χ4v) is 3.94. The fourth-order valence-electron chi connectivity index (χ4n) is 3.05. The van der Waals surface area contributed by atoms with E-state index in [2.05, 4.69) is 10.6 Å². The van der Waals surface area contributed by atoms with Crippen LogP contribution >= 0.6 is 0 Å². The molecule has 0 saturated heterocycles.